The first kappa shape index (κ1) is 28.7. The Hall–Kier alpha value is -4.32. The van der Waals surface area contributed by atoms with E-state index >= 15 is 0 Å². The highest BCUT2D eigenvalue weighted by Gasteiger charge is 2.52. The maximum atomic E-state index is 13.1. The molecule has 2 aromatic rings. The number of amides is 3. The molecule has 212 valence electrons. The van der Waals surface area contributed by atoms with Gasteiger partial charge in [0.1, 0.15) is 0 Å². The second kappa shape index (κ2) is 11.8. The highest BCUT2D eigenvalue weighted by Crippen LogP contribution is 2.41. The number of nitrogens with zero attached hydrogens (tertiary/aromatic N) is 3. The van der Waals surface area contributed by atoms with E-state index in [1.165, 1.54) is 0 Å². The summed E-state index contributed by atoms with van der Waals surface area (Å²) in [4.78, 5) is 58.3. The third-order valence-electron chi connectivity index (χ3n) is 7.57. The molecule has 12 heteroatoms. The number of hydrogen-bond acceptors (Lipinski definition) is 7. The van der Waals surface area contributed by atoms with E-state index in [2.05, 4.69) is 34.5 Å². The van der Waals surface area contributed by atoms with Gasteiger partial charge in [0.25, 0.3) is 5.91 Å². The fourth-order valence-corrected chi connectivity index (χ4v) is 5.42. The van der Waals surface area contributed by atoms with Crippen molar-refractivity contribution in [2.45, 2.75) is 45.2 Å². The Morgan fingerprint density at radius 1 is 1.10 bits per heavy atom. The van der Waals surface area contributed by atoms with Crippen LogP contribution in [0, 0.1) is 11.3 Å². The SMILES string of the molecule is CC(C)n1nc(C(=O)NC2CCN(CCC34C=CC=CC3C(=O)NC4=O)CC2)c2ccccc21.O=C(O)C(=O)O. The Labute approximate surface area is 230 Å². The van der Waals surface area contributed by atoms with Crippen molar-refractivity contribution in [3.8, 4) is 0 Å². The molecule has 2 saturated heterocycles. The van der Waals surface area contributed by atoms with Gasteiger partial charge in [0, 0.05) is 30.6 Å². The Morgan fingerprint density at radius 2 is 1.77 bits per heavy atom. The number of allylic oxidation sites excluding steroid dienone is 2. The molecule has 3 amide bonds. The van der Waals surface area contributed by atoms with Crippen molar-refractivity contribution < 1.29 is 34.2 Å². The summed E-state index contributed by atoms with van der Waals surface area (Å²) >= 11 is 0. The lowest BCUT2D eigenvalue weighted by molar-refractivity contribution is -0.159. The molecule has 40 heavy (non-hydrogen) atoms. The molecular weight excluding hydrogens is 518 g/mol. The second-order valence-corrected chi connectivity index (χ2v) is 10.4. The van der Waals surface area contributed by atoms with Gasteiger partial charge in [-0.25, -0.2) is 9.59 Å². The standard InChI is InChI=1S/C26H31N5O3.C2H2O4/c1-17(2)31-21-9-4-3-7-19(21)22(29-31)24(33)27-18-10-14-30(15-11-18)16-13-26-12-6-5-8-20(26)23(32)28-25(26)34;3-1(4)2(5)6/h3-9,12,17-18,20H,10-11,13-16H2,1-2H3,(H,27,33)(H,28,32,34);(H,3,4)(H,5,6). The molecule has 5 rings (SSSR count). The van der Waals surface area contributed by atoms with E-state index in [9.17, 15) is 14.4 Å². The van der Waals surface area contributed by atoms with Crippen LogP contribution in [0.4, 0.5) is 0 Å². The Bertz CT molecular complexity index is 1370. The number of likely N-dealkylation sites (tertiary alicyclic amines) is 1. The van der Waals surface area contributed by atoms with Gasteiger partial charge in [0.05, 0.1) is 16.8 Å². The lowest BCUT2D eigenvalue weighted by Gasteiger charge is -2.35. The summed E-state index contributed by atoms with van der Waals surface area (Å²) in [6.45, 7) is 6.52. The molecule has 3 aliphatic rings. The number of hydrogen-bond donors (Lipinski definition) is 4. The number of rotatable bonds is 6. The molecule has 0 saturated carbocycles. The number of carboxylic acid groups (broad SMARTS) is 2. The van der Waals surface area contributed by atoms with Crippen molar-refractivity contribution >= 4 is 40.6 Å². The van der Waals surface area contributed by atoms with E-state index in [0.717, 1.165) is 43.4 Å². The highest BCUT2D eigenvalue weighted by atomic mass is 16.4. The number of carbonyl (C=O) groups excluding carboxylic acids is 3. The minimum atomic E-state index is -1.82. The molecule has 0 spiro atoms. The third kappa shape index (κ3) is 5.81. The fourth-order valence-electron chi connectivity index (χ4n) is 5.42. The summed E-state index contributed by atoms with van der Waals surface area (Å²) in [5.74, 6) is -4.60. The van der Waals surface area contributed by atoms with Crippen molar-refractivity contribution in [3.05, 3.63) is 54.3 Å². The molecule has 0 bridgehead atoms. The quantitative estimate of drug-likeness (QED) is 0.308. The zero-order chi connectivity index (χ0) is 29.0. The normalized spacial score (nSPS) is 22.5. The van der Waals surface area contributed by atoms with Crippen LogP contribution in [0.1, 0.15) is 49.6 Å². The molecule has 2 fully saturated rings. The monoisotopic (exact) mass is 551 g/mol. The Balaban J connectivity index is 0.000000557. The lowest BCUT2D eigenvalue weighted by Crippen LogP contribution is -2.46. The van der Waals surface area contributed by atoms with Gasteiger partial charge in [-0.3, -0.25) is 24.4 Å². The fraction of sp³-hybridized carbons (Fsp3) is 0.429. The second-order valence-electron chi connectivity index (χ2n) is 10.4. The molecule has 2 aliphatic heterocycles. The molecule has 1 aliphatic carbocycles. The van der Waals surface area contributed by atoms with Crippen LogP contribution in [-0.2, 0) is 19.2 Å². The molecular formula is C28H33N5O7. The van der Waals surface area contributed by atoms with Crippen LogP contribution in [0.2, 0.25) is 0 Å². The first-order chi connectivity index (χ1) is 19.0. The maximum Gasteiger partial charge on any atom is 0.414 e. The topological polar surface area (TPSA) is 171 Å². The van der Waals surface area contributed by atoms with E-state index in [1.54, 1.807) is 0 Å². The minimum absolute atomic E-state index is 0.0893. The summed E-state index contributed by atoms with van der Waals surface area (Å²) in [5.41, 5.74) is 0.676. The summed E-state index contributed by atoms with van der Waals surface area (Å²) < 4.78 is 1.90. The summed E-state index contributed by atoms with van der Waals surface area (Å²) in [6.07, 6.45) is 9.69. The van der Waals surface area contributed by atoms with Crippen molar-refractivity contribution in [3.63, 3.8) is 0 Å². The molecule has 1 aromatic heterocycles. The first-order valence-corrected chi connectivity index (χ1v) is 13.2. The van der Waals surface area contributed by atoms with Crippen LogP contribution < -0.4 is 10.6 Å². The number of nitrogens with one attached hydrogen (secondary N) is 2. The number of aliphatic carboxylic acids is 2. The van der Waals surface area contributed by atoms with E-state index in [1.807, 2.05) is 53.3 Å². The molecule has 4 N–H and O–H groups in total. The predicted octanol–water partition coefficient (Wildman–Crippen LogP) is 1.74. The van der Waals surface area contributed by atoms with Gasteiger partial charge in [-0.15, -0.1) is 0 Å². The van der Waals surface area contributed by atoms with Gasteiger partial charge < -0.3 is 20.4 Å². The van der Waals surface area contributed by atoms with Crippen molar-refractivity contribution in [1.82, 2.24) is 25.3 Å². The Morgan fingerprint density at radius 3 is 2.42 bits per heavy atom. The van der Waals surface area contributed by atoms with Crippen LogP contribution in [0.3, 0.4) is 0 Å². The van der Waals surface area contributed by atoms with Gasteiger partial charge in [0.15, 0.2) is 5.69 Å². The minimum Gasteiger partial charge on any atom is -0.473 e. The summed E-state index contributed by atoms with van der Waals surface area (Å²) in [7, 11) is 0. The zero-order valence-corrected chi connectivity index (χ0v) is 22.4. The molecule has 12 nitrogen and oxygen atoms in total. The number of aromatic nitrogens is 2. The number of carboxylic acids is 2. The predicted molar refractivity (Wildman–Crippen MR) is 144 cm³/mol. The molecule has 1 aromatic carbocycles. The number of imide groups is 1. The zero-order valence-electron chi connectivity index (χ0n) is 22.4. The third-order valence-corrected chi connectivity index (χ3v) is 7.57. The number of fused-ring (bicyclic) bond motifs is 2. The lowest BCUT2D eigenvalue weighted by atomic mass is 9.72. The van der Waals surface area contributed by atoms with Crippen LogP contribution in [-0.4, -0.2) is 80.2 Å². The van der Waals surface area contributed by atoms with Crippen molar-refractivity contribution in [1.29, 1.82) is 0 Å². The van der Waals surface area contributed by atoms with E-state index in [-0.39, 0.29) is 29.8 Å². The first-order valence-electron chi connectivity index (χ1n) is 13.2. The van der Waals surface area contributed by atoms with Crippen molar-refractivity contribution in [2.24, 2.45) is 11.3 Å². The van der Waals surface area contributed by atoms with Crippen LogP contribution in [0.25, 0.3) is 10.9 Å². The Kier molecular flexibility index (Phi) is 8.48. The summed E-state index contributed by atoms with van der Waals surface area (Å²) in [5, 5.41) is 25.9. The van der Waals surface area contributed by atoms with Crippen LogP contribution in [0.5, 0.6) is 0 Å². The molecule has 2 atom stereocenters. The largest absolute Gasteiger partial charge is 0.473 e. The molecule has 0 radical (unpaired) electrons. The van der Waals surface area contributed by atoms with Crippen LogP contribution in [0.15, 0.2) is 48.6 Å². The average Bonchev–Trinajstić information content (AvgIpc) is 3.44. The van der Waals surface area contributed by atoms with E-state index in [0.29, 0.717) is 12.1 Å². The van der Waals surface area contributed by atoms with Crippen LogP contribution >= 0.6 is 0 Å². The smallest absolute Gasteiger partial charge is 0.414 e. The highest BCUT2D eigenvalue weighted by molar-refractivity contribution is 6.27. The van der Waals surface area contributed by atoms with E-state index in [4.69, 9.17) is 19.8 Å². The summed E-state index contributed by atoms with van der Waals surface area (Å²) in [6, 6.07) is 8.10. The number of benzene rings is 1. The average molecular weight is 552 g/mol. The number of piperidine rings is 1. The van der Waals surface area contributed by atoms with Crippen molar-refractivity contribution in [2.75, 3.05) is 19.6 Å². The molecule has 3 heterocycles. The molecule has 2 unspecified atom stereocenters. The van der Waals surface area contributed by atoms with Gasteiger partial charge in [-0.05, 0) is 45.7 Å². The van der Waals surface area contributed by atoms with Gasteiger partial charge >= 0.3 is 11.9 Å². The van der Waals surface area contributed by atoms with E-state index < -0.39 is 23.3 Å². The number of carbonyl (C=O) groups is 5. The number of para-hydroxylation sites is 1. The van der Waals surface area contributed by atoms with Gasteiger partial charge in [-0.2, -0.15) is 5.10 Å². The van der Waals surface area contributed by atoms with Gasteiger partial charge in [0.2, 0.25) is 11.8 Å². The maximum absolute atomic E-state index is 13.1. The van der Waals surface area contributed by atoms with Gasteiger partial charge in [-0.1, -0.05) is 42.5 Å².